The molecule has 0 atom stereocenters. The fraction of sp³-hybridized carbons (Fsp3) is 0.947. The molecule has 0 rings (SSSR count). The van der Waals surface area contributed by atoms with Gasteiger partial charge in [0.25, 0.3) is 0 Å². The molecule has 23 heteroatoms. The summed E-state index contributed by atoms with van der Waals surface area (Å²) >= 11 is 0. The van der Waals surface area contributed by atoms with Gasteiger partial charge in [0, 0.05) is 56.0 Å². The molecule has 0 aromatic rings. The molecule has 0 spiro atoms. The summed E-state index contributed by atoms with van der Waals surface area (Å²) in [5.41, 5.74) is 16.2. The number of azide groups is 2. The minimum absolute atomic E-state index is 0.0331. The van der Waals surface area contributed by atoms with E-state index in [2.05, 4.69) is 63.8 Å². The lowest BCUT2D eigenvalue weighted by atomic mass is 10.3. The normalized spacial score (nSPS) is 11.3. The summed E-state index contributed by atoms with van der Waals surface area (Å²) < 4.78 is 59.9. The van der Waals surface area contributed by atoms with Crippen molar-refractivity contribution in [1.29, 1.82) is 0 Å². The molecule has 0 saturated heterocycles. The van der Waals surface area contributed by atoms with Crippen LogP contribution in [0.2, 0.25) is 38.3 Å². The van der Waals surface area contributed by atoms with Crippen LogP contribution in [0.1, 0.15) is 39.0 Å². The number of nitrogens with one attached hydrogen (secondary N) is 2. The van der Waals surface area contributed by atoms with Gasteiger partial charge in [-0.05, 0) is 68.6 Å². The molecule has 61 heavy (non-hydrogen) atoms. The highest BCUT2D eigenvalue weighted by Crippen LogP contribution is 2.24. The van der Waals surface area contributed by atoms with Gasteiger partial charge in [-0.2, -0.15) is 0 Å². The predicted octanol–water partition coefficient (Wildman–Crippen LogP) is 5.02. The SMILES string of the molecule is CCCOCCOCCOCCOCCOCCN=[N+]=[N-].CNC(=O)CCC[Si](C)(C)O[Si](C)(C)CCCC(=O)NCCOCCOCCOCCOCCOCCN=[N+]=[N-]. The number of rotatable bonds is 45. The summed E-state index contributed by atoms with van der Waals surface area (Å²) in [4.78, 5) is 28.8. The maximum absolute atomic E-state index is 12.1. The van der Waals surface area contributed by atoms with Crippen LogP contribution in [0.5, 0.6) is 0 Å². The van der Waals surface area contributed by atoms with Crippen molar-refractivity contribution in [1.82, 2.24) is 10.6 Å². The molecule has 358 valence electrons. The molecular weight excluding hydrogens is 833 g/mol. The van der Waals surface area contributed by atoms with E-state index in [0.29, 0.717) is 158 Å². The van der Waals surface area contributed by atoms with Crippen molar-refractivity contribution in [3.05, 3.63) is 20.9 Å². The van der Waals surface area contributed by atoms with E-state index in [-0.39, 0.29) is 11.8 Å². The number of carbonyl (C=O) groups is 2. The lowest BCUT2D eigenvalue weighted by Crippen LogP contribution is -2.44. The van der Waals surface area contributed by atoms with Crippen LogP contribution < -0.4 is 10.6 Å². The van der Waals surface area contributed by atoms with Crippen LogP contribution in [0.15, 0.2) is 10.2 Å². The van der Waals surface area contributed by atoms with Crippen molar-refractivity contribution in [2.45, 2.75) is 77.3 Å². The number of amides is 2. The van der Waals surface area contributed by atoms with Crippen LogP contribution in [0.3, 0.4) is 0 Å². The molecule has 2 amide bonds. The van der Waals surface area contributed by atoms with E-state index < -0.39 is 16.6 Å². The summed E-state index contributed by atoms with van der Waals surface area (Å²) in [6, 6.07) is 1.90. The van der Waals surface area contributed by atoms with Gasteiger partial charge in [0.2, 0.25) is 11.8 Å². The first-order valence-electron chi connectivity index (χ1n) is 21.5. The van der Waals surface area contributed by atoms with Crippen molar-refractivity contribution in [3.63, 3.8) is 0 Å². The molecule has 0 aliphatic carbocycles. The third-order valence-electron chi connectivity index (χ3n) is 7.89. The standard InChI is InChI=1S/C25H53N5O8Si2.C13H27N3O5/c1-27-24(31)8-6-22-39(2,3)38-40(4,5)23-7-9-25(32)28-10-12-33-14-16-35-18-20-37-21-19-36-17-15-34-13-11-29-30-26;1-2-4-17-6-8-19-10-12-21-13-11-20-9-7-18-5-3-15-16-14/h6-23H2,1-5H3,(H,27,31)(H,28,32);2-13H2,1H3. The van der Waals surface area contributed by atoms with Crippen LogP contribution in [0.4, 0.5) is 0 Å². The zero-order chi connectivity index (χ0) is 45.4. The Morgan fingerprint density at radius 1 is 0.492 bits per heavy atom. The maximum Gasteiger partial charge on any atom is 0.220 e. The Hall–Kier alpha value is -2.45. The lowest BCUT2D eigenvalue weighted by Gasteiger charge is -2.34. The first-order valence-corrected chi connectivity index (χ1v) is 27.7. The van der Waals surface area contributed by atoms with Crippen molar-refractivity contribution in [2.75, 3.05) is 159 Å². The van der Waals surface area contributed by atoms with E-state index in [1.54, 1.807) is 7.05 Å². The number of hydrogen-bond donors (Lipinski definition) is 2. The summed E-state index contributed by atoms with van der Waals surface area (Å²) in [5, 5.41) is 12.3. The minimum atomic E-state index is -1.86. The van der Waals surface area contributed by atoms with Gasteiger partial charge < -0.3 is 62.1 Å². The largest absolute Gasteiger partial charge is 0.455 e. The van der Waals surface area contributed by atoms with E-state index >= 15 is 0 Å². The fourth-order valence-corrected chi connectivity index (χ4v) is 13.9. The van der Waals surface area contributed by atoms with E-state index in [9.17, 15) is 9.59 Å². The molecule has 0 heterocycles. The predicted molar refractivity (Wildman–Crippen MR) is 238 cm³/mol. The Labute approximate surface area is 366 Å². The Morgan fingerprint density at radius 2 is 0.803 bits per heavy atom. The highest BCUT2D eigenvalue weighted by molar-refractivity contribution is 6.84. The zero-order valence-electron chi connectivity index (χ0n) is 38.2. The van der Waals surface area contributed by atoms with Gasteiger partial charge in [0.15, 0.2) is 16.6 Å². The highest BCUT2D eigenvalue weighted by Gasteiger charge is 2.32. The lowest BCUT2D eigenvalue weighted by molar-refractivity contribution is -0.121. The number of ether oxygens (including phenoxy) is 10. The summed E-state index contributed by atoms with van der Waals surface area (Å²) in [7, 11) is -2.02. The van der Waals surface area contributed by atoms with E-state index in [1.807, 2.05) is 0 Å². The molecule has 0 aromatic carbocycles. The molecule has 0 fully saturated rings. The summed E-state index contributed by atoms with van der Waals surface area (Å²) in [6.07, 6.45) is 3.72. The summed E-state index contributed by atoms with van der Waals surface area (Å²) in [6.45, 7) is 22.3. The first-order chi connectivity index (χ1) is 29.5. The number of carbonyl (C=O) groups excluding carboxylic acids is 2. The molecule has 0 aliphatic heterocycles. The number of nitrogens with zero attached hydrogens (tertiary/aromatic N) is 6. The second-order valence-corrected chi connectivity index (χ2v) is 23.2. The Balaban J connectivity index is 0. The van der Waals surface area contributed by atoms with Gasteiger partial charge in [-0.3, -0.25) is 9.59 Å². The quantitative estimate of drug-likeness (QED) is 0.0268. The van der Waals surface area contributed by atoms with Crippen molar-refractivity contribution in [2.24, 2.45) is 10.2 Å². The van der Waals surface area contributed by atoms with Gasteiger partial charge in [0.05, 0.1) is 126 Å². The molecule has 0 aromatic heterocycles. The maximum atomic E-state index is 12.1. The Bertz CT molecular complexity index is 1110. The van der Waals surface area contributed by atoms with Crippen molar-refractivity contribution in [3.8, 4) is 0 Å². The summed E-state index contributed by atoms with van der Waals surface area (Å²) in [5.74, 6) is 0.109. The van der Waals surface area contributed by atoms with Crippen LogP contribution in [0, 0.1) is 0 Å². The van der Waals surface area contributed by atoms with Gasteiger partial charge in [-0.15, -0.1) is 0 Å². The van der Waals surface area contributed by atoms with Gasteiger partial charge in [-0.1, -0.05) is 17.2 Å². The Kier molecular flexibility index (Phi) is 46.8. The van der Waals surface area contributed by atoms with Gasteiger partial charge >= 0.3 is 0 Å². The topological polar surface area (TPSA) is 257 Å². The molecule has 2 N–H and O–H groups in total. The number of hydrogen-bond acceptors (Lipinski definition) is 15. The van der Waals surface area contributed by atoms with Gasteiger partial charge in [-0.25, -0.2) is 0 Å². The molecule has 0 saturated carbocycles. The van der Waals surface area contributed by atoms with Gasteiger partial charge in [0.1, 0.15) is 0 Å². The molecule has 21 nitrogen and oxygen atoms in total. The zero-order valence-corrected chi connectivity index (χ0v) is 40.2. The average Bonchev–Trinajstić information content (AvgIpc) is 3.22. The smallest absolute Gasteiger partial charge is 0.220 e. The molecule has 0 aliphatic rings. The third-order valence-corrected chi connectivity index (χ3v) is 15.4. The first kappa shape index (κ1) is 60.6. The Morgan fingerprint density at radius 3 is 1.13 bits per heavy atom. The van der Waals surface area contributed by atoms with E-state index in [0.717, 1.165) is 38.0 Å². The highest BCUT2D eigenvalue weighted by atomic mass is 28.4. The van der Waals surface area contributed by atoms with Crippen LogP contribution in [-0.2, 0) is 61.1 Å². The van der Waals surface area contributed by atoms with Crippen LogP contribution >= 0.6 is 0 Å². The van der Waals surface area contributed by atoms with Crippen LogP contribution in [0.25, 0.3) is 20.9 Å². The minimum Gasteiger partial charge on any atom is -0.455 e. The second kappa shape index (κ2) is 47.0. The second-order valence-electron chi connectivity index (χ2n) is 14.4. The average molecular weight is 913 g/mol. The van der Waals surface area contributed by atoms with E-state index in [1.165, 1.54) is 0 Å². The molecule has 0 bridgehead atoms. The van der Waals surface area contributed by atoms with E-state index in [4.69, 9.17) is 62.5 Å². The third kappa shape index (κ3) is 51.8. The van der Waals surface area contributed by atoms with Crippen molar-refractivity contribution < 1.29 is 61.1 Å². The van der Waals surface area contributed by atoms with Crippen molar-refractivity contribution >= 4 is 28.4 Å². The van der Waals surface area contributed by atoms with Crippen LogP contribution in [-0.4, -0.2) is 187 Å². The molecule has 0 unspecified atom stereocenters. The monoisotopic (exact) mass is 913 g/mol. The molecule has 0 radical (unpaired) electrons. The molecular formula is C38H80N8O13Si2. The fourth-order valence-electron chi connectivity index (χ4n) is 5.08.